The lowest BCUT2D eigenvalue weighted by atomic mass is 9.73. The minimum atomic E-state index is 0.881. The summed E-state index contributed by atoms with van der Waals surface area (Å²) in [5.74, 6) is 2.02. The highest BCUT2D eigenvalue weighted by Crippen LogP contribution is 2.37. The van der Waals surface area contributed by atoms with E-state index < -0.39 is 0 Å². The third-order valence-electron chi connectivity index (χ3n) is 4.37. The summed E-state index contributed by atoms with van der Waals surface area (Å²) in [7, 11) is 0. The second-order valence-electron chi connectivity index (χ2n) is 5.08. The Hall–Kier alpha value is -0.330. The Morgan fingerprint density at radius 3 is 2.77 bits per heavy atom. The molecular weight excluding hydrogens is 158 g/mol. The maximum absolute atomic E-state index is 3.81. The minimum Gasteiger partial charge on any atom is -0.246 e. The molecule has 0 aromatic heterocycles. The highest BCUT2D eigenvalue weighted by atomic mass is 14.9. The second kappa shape index (κ2) is 3.11. The molecule has 1 heteroatoms. The molecule has 3 atom stereocenters. The van der Waals surface area contributed by atoms with E-state index in [0.717, 1.165) is 17.9 Å². The van der Waals surface area contributed by atoms with Crippen molar-refractivity contribution in [3.8, 4) is 0 Å². The molecule has 2 fully saturated rings. The summed E-state index contributed by atoms with van der Waals surface area (Å²) < 4.78 is 0. The number of rotatable bonds is 0. The van der Waals surface area contributed by atoms with Crippen LogP contribution in [0.4, 0.5) is 0 Å². The van der Waals surface area contributed by atoms with Crippen LogP contribution >= 0.6 is 0 Å². The van der Waals surface area contributed by atoms with Crippen LogP contribution in [0, 0.1) is 11.8 Å². The lowest BCUT2D eigenvalue weighted by Gasteiger charge is -2.26. The Kier molecular flexibility index (Phi) is 1.92. The first kappa shape index (κ1) is 8.02. The number of nitrogens with one attached hydrogen (secondary N) is 1. The topological polar surface area (TPSA) is 14.0 Å². The van der Waals surface area contributed by atoms with Crippen molar-refractivity contribution >= 4 is 5.71 Å². The fourth-order valence-electron chi connectivity index (χ4n) is 3.75. The van der Waals surface area contributed by atoms with E-state index in [1.807, 2.05) is 0 Å². The Bertz CT molecular complexity index is 231. The third kappa shape index (κ3) is 1.24. The van der Waals surface area contributed by atoms with Crippen molar-refractivity contribution < 1.29 is 4.99 Å². The van der Waals surface area contributed by atoms with Crippen LogP contribution in [0.25, 0.3) is 0 Å². The minimum absolute atomic E-state index is 0.881. The van der Waals surface area contributed by atoms with E-state index >= 15 is 0 Å². The highest BCUT2D eigenvalue weighted by Gasteiger charge is 2.45. The zero-order valence-electron chi connectivity index (χ0n) is 8.39. The predicted molar refractivity (Wildman–Crippen MR) is 53.7 cm³/mol. The lowest BCUT2D eigenvalue weighted by molar-refractivity contribution is -0.505. The summed E-state index contributed by atoms with van der Waals surface area (Å²) in [5, 5.41) is 0. The van der Waals surface area contributed by atoms with Crippen molar-refractivity contribution in [2.24, 2.45) is 11.8 Å². The van der Waals surface area contributed by atoms with Crippen molar-refractivity contribution in [1.29, 1.82) is 0 Å². The van der Waals surface area contributed by atoms with E-state index in [2.05, 4.69) is 4.99 Å². The molecule has 0 aromatic rings. The van der Waals surface area contributed by atoms with Crippen molar-refractivity contribution in [2.45, 2.75) is 57.4 Å². The van der Waals surface area contributed by atoms with Gasteiger partial charge < -0.3 is 0 Å². The van der Waals surface area contributed by atoms with Crippen molar-refractivity contribution in [1.82, 2.24) is 0 Å². The standard InChI is InChI=1S/C12H19N/c1-3-7-11-9(5-1)10-6-2-4-8-12(10)13-11/h9-11H,1-8H2/p+1. The van der Waals surface area contributed by atoms with E-state index in [-0.39, 0.29) is 0 Å². The quantitative estimate of drug-likeness (QED) is 0.574. The van der Waals surface area contributed by atoms with E-state index in [9.17, 15) is 0 Å². The van der Waals surface area contributed by atoms with Gasteiger partial charge in [-0.3, -0.25) is 0 Å². The Balaban J connectivity index is 1.83. The van der Waals surface area contributed by atoms with E-state index in [1.54, 1.807) is 5.71 Å². The van der Waals surface area contributed by atoms with Gasteiger partial charge in [0.05, 0.1) is 0 Å². The summed E-state index contributed by atoms with van der Waals surface area (Å²) in [6.45, 7) is 0. The van der Waals surface area contributed by atoms with Crippen LogP contribution in [0.2, 0.25) is 0 Å². The van der Waals surface area contributed by atoms with Crippen LogP contribution < -0.4 is 4.99 Å². The highest BCUT2D eigenvalue weighted by molar-refractivity contribution is 5.83. The zero-order chi connectivity index (χ0) is 8.67. The molecule has 3 unspecified atom stereocenters. The average Bonchev–Trinajstić information content (AvgIpc) is 2.56. The second-order valence-corrected chi connectivity index (χ2v) is 5.08. The molecule has 1 heterocycles. The number of hydrogen-bond acceptors (Lipinski definition) is 0. The van der Waals surface area contributed by atoms with Crippen LogP contribution in [0.1, 0.15) is 51.4 Å². The predicted octanol–water partition coefficient (Wildman–Crippen LogP) is 1.27. The molecule has 0 aromatic carbocycles. The number of hydrogen-bond donors (Lipinski definition) is 1. The first-order valence-corrected chi connectivity index (χ1v) is 6.07. The van der Waals surface area contributed by atoms with Crippen LogP contribution in [0.15, 0.2) is 0 Å². The molecule has 1 nitrogen and oxygen atoms in total. The molecule has 2 aliphatic carbocycles. The largest absolute Gasteiger partial charge is 0.246 e. The van der Waals surface area contributed by atoms with Gasteiger partial charge in [-0.1, -0.05) is 12.8 Å². The smallest absolute Gasteiger partial charge is 0.154 e. The molecule has 3 rings (SSSR count). The molecule has 0 radical (unpaired) electrons. The molecule has 1 aliphatic heterocycles. The average molecular weight is 178 g/mol. The fourth-order valence-corrected chi connectivity index (χ4v) is 3.75. The normalized spacial score (nSPS) is 43.7. The summed E-state index contributed by atoms with van der Waals surface area (Å²) in [4.78, 5) is 3.81. The Morgan fingerprint density at radius 1 is 0.923 bits per heavy atom. The van der Waals surface area contributed by atoms with E-state index in [0.29, 0.717) is 0 Å². The molecule has 0 amide bonds. The molecule has 1 N–H and O–H groups in total. The van der Waals surface area contributed by atoms with Crippen molar-refractivity contribution in [2.75, 3.05) is 0 Å². The van der Waals surface area contributed by atoms with Crippen molar-refractivity contribution in [3.63, 3.8) is 0 Å². The molecule has 0 saturated heterocycles. The summed E-state index contributed by atoms with van der Waals surface area (Å²) in [5.41, 5.74) is 1.74. The Labute approximate surface area is 80.6 Å². The summed E-state index contributed by atoms with van der Waals surface area (Å²) in [6, 6.07) is 0.881. The molecule has 0 spiro atoms. The molecular formula is C12H20N+. The SMILES string of the molecule is C1CCC2C(=[NH+]C3CCCCC32)C1. The van der Waals surface area contributed by atoms with Gasteiger partial charge in [0.2, 0.25) is 0 Å². The van der Waals surface area contributed by atoms with Crippen LogP contribution in [0.3, 0.4) is 0 Å². The van der Waals surface area contributed by atoms with Gasteiger partial charge in [-0.25, -0.2) is 4.99 Å². The van der Waals surface area contributed by atoms with Gasteiger partial charge in [0.25, 0.3) is 0 Å². The van der Waals surface area contributed by atoms with Crippen LogP contribution in [-0.2, 0) is 0 Å². The van der Waals surface area contributed by atoms with Gasteiger partial charge in [0, 0.05) is 24.7 Å². The van der Waals surface area contributed by atoms with Crippen molar-refractivity contribution in [3.05, 3.63) is 0 Å². The van der Waals surface area contributed by atoms with Gasteiger partial charge in [0.1, 0.15) is 0 Å². The van der Waals surface area contributed by atoms with Crippen LogP contribution in [0.5, 0.6) is 0 Å². The summed E-state index contributed by atoms with van der Waals surface area (Å²) in [6.07, 6.45) is 11.7. The third-order valence-corrected chi connectivity index (χ3v) is 4.37. The van der Waals surface area contributed by atoms with E-state index in [1.165, 1.54) is 51.4 Å². The molecule has 2 saturated carbocycles. The molecule has 0 bridgehead atoms. The maximum Gasteiger partial charge on any atom is 0.154 e. The van der Waals surface area contributed by atoms with E-state index in [4.69, 9.17) is 0 Å². The van der Waals surface area contributed by atoms with Gasteiger partial charge in [-0.2, -0.15) is 0 Å². The van der Waals surface area contributed by atoms with Crippen LogP contribution in [-0.4, -0.2) is 11.8 Å². The first-order valence-electron chi connectivity index (χ1n) is 6.07. The van der Waals surface area contributed by atoms with Gasteiger partial charge in [0.15, 0.2) is 11.8 Å². The fraction of sp³-hybridized carbons (Fsp3) is 0.917. The van der Waals surface area contributed by atoms with Gasteiger partial charge in [-0.15, -0.1) is 0 Å². The molecule has 3 aliphatic rings. The van der Waals surface area contributed by atoms with Gasteiger partial charge >= 0.3 is 0 Å². The number of fused-ring (bicyclic) bond motifs is 3. The zero-order valence-corrected chi connectivity index (χ0v) is 8.39. The molecule has 72 valence electrons. The maximum atomic E-state index is 3.81. The molecule has 13 heavy (non-hydrogen) atoms. The first-order chi connectivity index (χ1) is 6.45. The van der Waals surface area contributed by atoms with Gasteiger partial charge in [-0.05, 0) is 25.7 Å². The lowest BCUT2D eigenvalue weighted by Crippen LogP contribution is -2.77. The summed E-state index contributed by atoms with van der Waals surface area (Å²) >= 11 is 0. The monoisotopic (exact) mass is 178 g/mol. The Morgan fingerprint density at radius 2 is 1.77 bits per heavy atom.